The highest BCUT2D eigenvalue weighted by atomic mass is 15.2. The first-order chi connectivity index (χ1) is 9.13. The topological polar surface area (TPSA) is 18.5 Å². The molecule has 1 rings (SSSR count). The van der Waals surface area contributed by atoms with E-state index in [9.17, 15) is 0 Å². The van der Waals surface area contributed by atoms with Gasteiger partial charge in [0, 0.05) is 25.7 Å². The summed E-state index contributed by atoms with van der Waals surface area (Å²) >= 11 is 0. The van der Waals surface area contributed by atoms with Gasteiger partial charge in [0.1, 0.15) is 0 Å². The summed E-state index contributed by atoms with van der Waals surface area (Å²) in [5.74, 6) is 0.905. The molecule has 1 fully saturated rings. The van der Waals surface area contributed by atoms with E-state index in [-0.39, 0.29) is 0 Å². The van der Waals surface area contributed by atoms with E-state index in [1.807, 2.05) is 0 Å². The highest BCUT2D eigenvalue weighted by Crippen LogP contribution is 2.26. The molecular formula is C16H35N3. The molecule has 3 nitrogen and oxygen atoms in total. The predicted octanol–water partition coefficient (Wildman–Crippen LogP) is 2.43. The molecular weight excluding hydrogens is 234 g/mol. The van der Waals surface area contributed by atoms with Crippen LogP contribution < -0.4 is 5.32 Å². The third kappa shape index (κ3) is 7.28. The molecule has 0 aliphatic heterocycles. The molecule has 0 heterocycles. The number of hydrogen-bond acceptors (Lipinski definition) is 3. The summed E-state index contributed by atoms with van der Waals surface area (Å²) in [6.07, 6.45) is 8.44. The quantitative estimate of drug-likeness (QED) is 0.693. The molecule has 1 unspecified atom stereocenters. The molecule has 1 atom stereocenters. The SMILES string of the molecule is CCCNC(CN(C)CCN(C)C)C1CCCCC1. The molecule has 1 aliphatic carbocycles. The lowest BCUT2D eigenvalue weighted by atomic mass is 9.83. The molecule has 0 radical (unpaired) electrons. The maximum Gasteiger partial charge on any atom is 0.0223 e. The minimum absolute atomic E-state index is 0.701. The Morgan fingerprint density at radius 1 is 1.05 bits per heavy atom. The Balaban J connectivity index is 2.38. The fourth-order valence-electron chi connectivity index (χ4n) is 3.04. The third-order valence-electron chi connectivity index (χ3n) is 4.31. The van der Waals surface area contributed by atoms with E-state index in [4.69, 9.17) is 0 Å². The fourth-order valence-corrected chi connectivity index (χ4v) is 3.04. The van der Waals surface area contributed by atoms with E-state index >= 15 is 0 Å². The lowest BCUT2D eigenvalue weighted by Gasteiger charge is -2.34. The summed E-state index contributed by atoms with van der Waals surface area (Å²) in [6, 6.07) is 0.701. The van der Waals surface area contributed by atoms with Crippen LogP contribution in [0.1, 0.15) is 45.4 Å². The van der Waals surface area contributed by atoms with Gasteiger partial charge >= 0.3 is 0 Å². The van der Waals surface area contributed by atoms with Crippen molar-refractivity contribution in [1.29, 1.82) is 0 Å². The summed E-state index contributed by atoms with van der Waals surface area (Å²) in [7, 11) is 6.58. The molecule has 1 aliphatic rings. The number of likely N-dealkylation sites (N-methyl/N-ethyl adjacent to an activating group) is 2. The summed E-state index contributed by atoms with van der Waals surface area (Å²) in [5, 5.41) is 3.80. The van der Waals surface area contributed by atoms with E-state index in [0.29, 0.717) is 6.04 Å². The largest absolute Gasteiger partial charge is 0.312 e. The fraction of sp³-hybridized carbons (Fsp3) is 1.00. The Kier molecular flexibility index (Phi) is 8.67. The Morgan fingerprint density at radius 2 is 1.74 bits per heavy atom. The first kappa shape index (κ1) is 16.9. The maximum absolute atomic E-state index is 3.80. The zero-order valence-electron chi connectivity index (χ0n) is 13.6. The molecule has 0 amide bonds. The van der Waals surface area contributed by atoms with Crippen LogP contribution in [-0.4, -0.2) is 63.2 Å². The van der Waals surface area contributed by atoms with Gasteiger partial charge in [0.25, 0.3) is 0 Å². The van der Waals surface area contributed by atoms with Crippen molar-refractivity contribution >= 4 is 0 Å². The lowest BCUT2D eigenvalue weighted by Crippen LogP contribution is -2.46. The van der Waals surface area contributed by atoms with E-state index in [0.717, 1.165) is 12.5 Å². The average molecular weight is 269 g/mol. The minimum Gasteiger partial charge on any atom is -0.312 e. The van der Waals surface area contributed by atoms with Crippen molar-refractivity contribution in [3.63, 3.8) is 0 Å². The van der Waals surface area contributed by atoms with E-state index in [1.165, 1.54) is 58.2 Å². The van der Waals surface area contributed by atoms with Crippen LogP contribution in [0, 0.1) is 5.92 Å². The van der Waals surface area contributed by atoms with Crippen LogP contribution in [0.5, 0.6) is 0 Å². The number of rotatable bonds is 9. The van der Waals surface area contributed by atoms with E-state index < -0.39 is 0 Å². The molecule has 0 aromatic carbocycles. The van der Waals surface area contributed by atoms with Gasteiger partial charge in [-0.1, -0.05) is 26.2 Å². The Hall–Kier alpha value is -0.120. The first-order valence-electron chi connectivity index (χ1n) is 8.20. The van der Waals surface area contributed by atoms with Crippen molar-refractivity contribution in [3.8, 4) is 0 Å². The lowest BCUT2D eigenvalue weighted by molar-refractivity contribution is 0.195. The Morgan fingerprint density at radius 3 is 2.32 bits per heavy atom. The molecule has 0 saturated heterocycles. The molecule has 1 N–H and O–H groups in total. The zero-order chi connectivity index (χ0) is 14.1. The van der Waals surface area contributed by atoms with Gasteiger partial charge in [-0.3, -0.25) is 0 Å². The first-order valence-corrected chi connectivity index (χ1v) is 8.20. The van der Waals surface area contributed by atoms with Crippen LogP contribution in [0.25, 0.3) is 0 Å². The van der Waals surface area contributed by atoms with Crippen LogP contribution in [0.2, 0.25) is 0 Å². The van der Waals surface area contributed by atoms with Crippen molar-refractivity contribution in [2.45, 2.75) is 51.5 Å². The van der Waals surface area contributed by atoms with Crippen LogP contribution in [0.15, 0.2) is 0 Å². The van der Waals surface area contributed by atoms with Crippen molar-refractivity contribution in [1.82, 2.24) is 15.1 Å². The van der Waals surface area contributed by atoms with Crippen molar-refractivity contribution in [2.75, 3.05) is 47.3 Å². The van der Waals surface area contributed by atoms with Crippen LogP contribution in [-0.2, 0) is 0 Å². The molecule has 0 aromatic heterocycles. The monoisotopic (exact) mass is 269 g/mol. The second-order valence-corrected chi connectivity index (χ2v) is 6.52. The van der Waals surface area contributed by atoms with Gasteiger partial charge in [-0.2, -0.15) is 0 Å². The zero-order valence-corrected chi connectivity index (χ0v) is 13.6. The van der Waals surface area contributed by atoms with E-state index in [2.05, 4.69) is 43.2 Å². The smallest absolute Gasteiger partial charge is 0.0223 e. The number of hydrogen-bond donors (Lipinski definition) is 1. The molecule has 3 heteroatoms. The van der Waals surface area contributed by atoms with Gasteiger partial charge in [0.05, 0.1) is 0 Å². The van der Waals surface area contributed by atoms with E-state index in [1.54, 1.807) is 0 Å². The number of nitrogens with zero attached hydrogens (tertiary/aromatic N) is 2. The molecule has 1 saturated carbocycles. The Bertz CT molecular complexity index is 212. The van der Waals surface area contributed by atoms with Crippen molar-refractivity contribution in [2.24, 2.45) is 5.92 Å². The summed E-state index contributed by atoms with van der Waals surface area (Å²) in [5.41, 5.74) is 0. The van der Waals surface area contributed by atoms with Gasteiger partial charge < -0.3 is 15.1 Å². The molecule has 114 valence electrons. The summed E-state index contributed by atoms with van der Waals surface area (Å²) < 4.78 is 0. The van der Waals surface area contributed by atoms with Gasteiger partial charge in [-0.15, -0.1) is 0 Å². The highest BCUT2D eigenvalue weighted by molar-refractivity contribution is 4.81. The van der Waals surface area contributed by atoms with Crippen LogP contribution >= 0.6 is 0 Å². The molecule has 0 spiro atoms. The number of nitrogens with one attached hydrogen (secondary N) is 1. The third-order valence-corrected chi connectivity index (χ3v) is 4.31. The minimum atomic E-state index is 0.701. The predicted molar refractivity (Wildman–Crippen MR) is 84.7 cm³/mol. The molecule has 19 heavy (non-hydrogen) atoms. The maximum atomic E-state index is 3.80. The van der Waals surface area contributed by atoms with Crippen molar-refractivity contribution in [3.05, 3.63) is 0 Å². The van der Waals surface area contributed by atoms with Gasteiger partial charge in [0.15, 0.2) is 0 Å². The van der Waals surface area contributed by atoms with Gasteiger partial charge in [-0.05, 0) is 52.9 Å². The van der Waals surface area contributed by atoms with Crippen molar-refractivity contribution < 1.29 is 0 Å². The van der Waals surface area contributed by atoms with Gasteiger partial charge in [-0.25, -0.2) is 0 Å². The van der Waals surface area contributed by atoms with Gasteiger partial charge in [0.2, 0.25) is 0 Å². The average Bonchev–Trinajstić information content (AvgIpc) is 2.42. The second kappa shape index (κ2) is 9.73. The standard InChI is InChI=1S/C16H35N3/c1-5-11-17-16(15-9-7-6-8-10-15)14-19(4)13-12-18(2)3/h15-17H,5-14H2,1-4H3. The second-order valence-electron chi connectivity index (χ2n) is 6.52. The summed E-state index contributed by atoms with van der Waals surface area (Å²) in [4.78, 5) is 4.77. The van der Waals surface area contributed by atoms with Crippen LogP contribution in [0.4, 0.5) is 0 Å². The van der Waals surface area contributed by atoms with Crippen LogP contribution in [0.3, 0.4) is 0 Å². The molecule has 0 bridgehead atoms. The normalized spacial score (nSPS) is 19.3. The highest BCUT2D eigenvalue weighted by Gasteiger charge is 2.23. The summed E-state index contributed by atoms with van der Waals surface area (Å²) in [6.45, 7) is 6.97. The Labute approximate surface area is 120 Å². The molecule has 0 aromatic rings.